The van der Waals surface area contributed by atoms with Gasteiger partial charge in [0.15, 0.2) is 11.0 Å². The van der Waals surface area contributed by atoms with E-state index in [2.05, 4.69) is 10.2 Å². The molecule has 0 amide bonds. The summed E-state index contributed by atoms with van der Waals surface area (Å²) in [5.74, 6) is 0.695. The lowest BCUT2D eigenvalue weighted by atomic mass is 10.1. The van der Waals surface area contributed by atoms with Gasteiger partial charge in [0.25, 0.3) is 0 Å². The van der Waals surface area contributed by atoms with Gasteiger partial charge >= 0.3 is 0 Å². The number of ether oxygens (including phenoxy) is 1. The highest BCUT2D eigenvalue weighted by molar-refractivity contribution is 7.99. The highest BCUT2D eigenvalue weighted by Gasteiger charge is 2.15. The average molecular weight is 418 g/mol. The molecular formula is C23H20N3O3S-. The highest BCUT2D eigenvalue weighted by Crippen LogP contribution is 2.27. The van der Waals surface area contributed by atoms with Gasteiger partial charge in [-0.1, -0.05) is 65.9 Å². The number of carboxylic acids is 1. The Hall–Kier alpha value is -3.32. The molecular weight excluding hydrogens is 398 g/mol. The molecule has 0 radical (unpaired) electrons. The molecule has 4 aromatic rings. The third kappa shape index (κ3) is 4.46. The minimum absolute atomic E-state index is 0.0484. The van der Waals surface area contributed by atoms with E-state index < -0.39 is 5.97 Å². The Labute approximate surface area is 178 Å². The fourth-order valence-electron chi connectivity index (χ4n) is 3.13. The van der Waals surface area contributed by atoms with Crippen LogP contribution in [0.15, 0.2) is 71.9 Å². The van der Waals surface area contributed by atoms with Crippen molar-refractivity contribution in [3.05, 3.63) is 78.1 Å². The van der Waals surface area contributed by atoms with Crippen molar-refractivity contribution >= 4 is 28.5 Å². The van der Waals surface area contributed by atoms with Crippen LogP contribution in [0.1, 0.15) is 17.8 Å². The second-order valence-electron chi connectivity index (χ2n) is 6.81. The van der Waals surface area contributed by atoms with Gasteiger partial charge in [-0.15, -0.1) is 10.2 Å². The third-order valence-corrected chi connectivity index (χ3v) is 5.57. The molecule has 0 atom stereocenters. The van der Waals surface area contributed by atoms with Crippen LogP contribution >= 0.6 is 11.8 Å². The fourth-order valence-corrected chi connectivity index (χ4v) is 4.02. The number of benzene rings is 3. The van der Waals surface area contributed by atoms with Gasteiger partial charge in [0, 0.05) is 22.8 Å². The molecule has 6 nitrogen and oxygen atoms in total. The van der Waals surface area contributed by atoms with E-state index in [1.54, 1.807) is 0 Å². The van der Waals surface area contributed by atoms with Crippen LogP contribution in [0.3, 0.4) is 0 Å². The van der Waals surface area contributed by atoms with Gasteiger partial charge in [0.05, 0.1) is 0 Å². The van der Waals surface area contributed by atoms with Gasteiger partial charge < -0.3 is 14.6 Å². The van der Waals surface area contributed by atoms with Crippen LogP contribution < -0.4 is 9.84 Å². The molecule has 0 bridgehead atoms. The van der Waals surface area contributed by atoms with E-state index in [1.165, 1.54) is 11.8 Å². The van der Waals surface area contributed by atoms with Crippen LogP contribution in [-0.4, -0.2) is 26.5 Å². The zero-order valence-electron chi connectivity index (χ0n) is 16.4. The number of aliphatic carboxylic acids is 1. The molecule has 0 fully saturated rings. The predicted octanol–water partition coefficient (Wildman–Crippen LogP) is 3.54. The Morgan fingerprint density at radius 1 is 1.03 bits per heavy atom. The predicted molar refractivity (Wildman–Crippen MR) is 115 cm³/mol. The maximum atomic E-state index is 10.8. The van der Waals surface area contributed by atoms with E-state index in [9.17, 15) is 9.90 Å². The molecule has 0 spiro atoms. The minimum Gasteiger partial charge on any atom is -0.550 e. The summed E-state index contributed by atoms with van der Waals surface area (Å²) < 4.78 is 8.02. The SMILES string of the molecule is Cc1ccc(-n2c(COc3cccc4ccccc34)nnc2SCCC(=O)[O-])cc1. The quantitative estimate of drug-likeness (QED) is 0.407. The van der Waals surface area contributed by atoms with E-state index in [0.717, 1.165) is 27.8 Å². The first kappa shape index (κ1) is 20.0. The number of aromatic nitrogens is 3. The van der Waals surface area contributed by atoms with Crippen LogP contribution in [-0.2, 0) is 11.4 Å². The van der Waals surface area contributed by atoms with E-state index in [4.69, 9.17) is 4.74 Å². The summed E-state index contributed by atoms with van der Waals surface area (Å²) >= 11 is 1.33. The number of thioether (sulfide) groups is 1. The Kier molecular flexibility index (Phi) is 5.99. The van der Waals surface area contributed by atoms with E-state index in [1.807, 2.05) is 78.2 Å². The molecule has 1 heterocycles. The van der Waals surface area contributed by atoms with Crippen LogP contribution in [0.5, 0.6) is 5.75 Å². The Bertz CT molecular complexity index is 1170. The van der Waals surface area contributed by atoms with Crippen molar-refractivity contribution in [3.63, 3.8) is 0 Å². The van der Waals surface area contributed by atoms with Crippen molar-refractivity contribution in [2.45, 2.75) is 25.1 Å². The van der Waals surface area contributed by atoms with E-state index >= 15 is 0 Å². The lowest BCUT2D eigenvalue weighted by Gasteiger charge is -2.12. The number of hydrogen-bond acceptors (Lipinski definition) is 6. The minimum atomic E-state index is -1.08. The first-order chi connectivity index (χ1) is 14.6. The third-order valence-electron chi connectivity index (χ3n) is 4.64. The highest BCUT2D eigenvalue weighted by atomic mass is 32.2. The molecule has 152 valence electrons. The zero-order valence-corrected chi connectivity index (χ0v) is 17.3. The van der Waals surface area contributed by atoms with E-state index in [0.29, 0.717) is 16.7 Å². The van der Waals surface area contributed by atoms with Crippen molar-refractivity contribution in [3.8, 4) is 11.4 Å². The summed E-state index contributed by atoms with van der Waals surface area (Å²) in [5.41, 5.74) is 2.05. The molecule has 0 aliphatic heterocycles. The lowest BCUT2D eigenvalue weighted by Crippen LogP contribution is -2.22. The normalized spacial score (nSPS) is 11.0. The molecule has 30 heavy (non-hydrogen) atoms. The summed E-state index contributed by atoms with van der Waals surface area (Å²) in [6.07, 6.45) is -0.0484. The second-order valence-corrected chi connectivity index (χ2v) is 7.87. The standard InChI is InChI=1S/C23H21N3O3S/c1-16-9-11-18(12-10-16)26-21(24-25-23(26)30-14-13-22(27)28)15-29-20-8-4-6-17-5-2-3-7-19(17)20/h2-12H,13-15H2,1H3,(H,27,28)/p-1. The van der Waals surface area contributed by atoms with Crippen LogP contribution in [0.2, 0.25) is 0 Å². The number of carbonyl (C=O) groups is 1. The van der Waals surface area contributed by atoms with Gasteiger partial charge in [-0.3, -0.25) is 4.57 Å². The maximum absolute atomic E-state index is 10.8. The number of fused-ring (bicyclic) bond motifs is 1. The summed E-state index contributed by atoms with van der Waals surface area (Å²) in [4.78, 5) is 10.8. The number of rotatable bonds is 8. The van der Waals surface area contributed by atoms with Gasteiger partial charge in [-0.2, -0.15) is 0 Å². The van der Waals surface area contributed by atoms with Crippen molar-refractivity contribution in [2.24, 2.45) is 0 Å². The summed E-state index contributed by atoms with van der Waals surface area (Å²) in [7, 11) is 0. The second kappa shape index (κ2) is 9.00. The van der Waals surface area contributed by atoms with Crippen LogP contribution in [0, 0.1) is 6.92 Å². The summed E-state index contributed by atoms with van der Waals surface area (Å²) in [6, 6.07) is 22.0. The number of carboxylic acid groups (broad SMARTS) is 1. The maximum Gasteiger partial charge on any atom is 0.195 e. The van der Waals surface area contributed by atoms with Gasteiger partial charge in [0.2, 0.25) is 0 Å². The molecule has 1 aromatic heterocycles. The molecule has 0 saturated heterocycles. The molecule has 0 aliphatic carbocycles. The Balaban J connectivity index is 1.62. The lowest BCUT2D eigenvalue weighted by molar-refractivity contribution is -0.305. The largest absolute Gasteiger partial charge is 0.550 e. The van der Waals surface area contributed by atoms with Gasteiger partial charge in [0.1, 0.15) is 12.4 Å². The first-order valence-corrected chi connectivity index (χ1v) is 10.5. The topological polar surface area (TPSA) is 80.1 Å². The van der Waals surface area contributed by atoms with Gasteiger partial charge in [-0.25, -0.2) is 0 Å². The zero-order chi connectivity index (χ0) is 20.9. The molecule has 3 aromatic carbocycles. The van der Waals surface area contributed by atoms with Gasteiger partial charge in [-0.05, 0) is 36.9 Å². The molecule has 0 saturated carbocycles. The number of hydrogen-bond donors (Lipinski definition) is 0. The average Bonchev–Trinajstić information content (AvgIpc) is 3.15. The molecule has 0 unspecified atom stereocenters. The number of carbonyl (C=O) groups excluding carboxylic acids is 1. The molecule has 7 heteroatoms. The molecule has 0 aliphatic rings. The Morgan fingerprint density at radius 2 is 1.80 bits per heavy atom. The van der Waals surface area contributed by atoms with E-state index in [-0.39, 0.29) is 13.0 Å². The summed E-state index contributed by atoms with van der Waals surface area (Å²) in [5, 5.41) is 22.1. The van der Waals surface area contributed by atoms with Crippen molar-refractivity contribution in [1.82, 2.24) is 14.8 Å². The molecule has 4 rings (SSSR count). The van der Waals surface area contributed by atoms with Crippen molar-refractivity contribution < 1.29 is 14.6 Å². The monoisotopic (exact) mass is 418 g/mol. The number of nitrogens with zero attached hydrogens (tertiary/aromatic N) is 3. The summed E-state index contributed by atoms with van der Waals surface area (Å²) in [6.45, 7) is 2.26. The van der Waals surface area contributed by atoms with Crippen LogP contribution in [0.4, 0.5) is 0 Å². The molecule has 0 N–H and O–H groups in total. The smallest absolute Gasteiger partial charge is 0.195 e. The first-order valence-electron chi connectivity index (χ1n) is 9.56. The van der Waals surface area contributed by atoms with Crippen molar-refractivity contribution in [2.75, 3.05) is 5.75 Å². The van der Waals surface area contributed by atoms with Crippen molar-refractivity contribution in [1.29, 1.82) is 0 Å². The number of aryl methyl sites for hydroxylation is 1. The van der Waals surface area contributed by atoms with Crippen LogP contribution in [0.25, 0.3) is 16.5 Å². The Morgan fingerprint density at radius 3 is 2.60 bits per heavy atom. The fraction of sp³-hybridized carbons (Fsp3) is 0.174.